The number of carbonyl (C=O) groups is 2. The Labute approximate surface area is 129 Å². The number of urea groups is 1. The van der Waals surface area contributed by atoms with Gasteiger partial charge in [0.05, 0.1) is 12.5 Å². The van der Waals surface area contributed by atoms with E-state index in [2.05, 4.69) is 10.6 Å². The van der Waals surface area contributed by atoms with Crippen LogP contribution < -0.4 is 10.6 Å². The van der Waals surface area contributed by atoms with Gasteiger partial charge < -0.3 is 15.7 Å². The number of carboxylic acid groups (broad SMARTS) is 1. The van der Waals surface area contributed by atoms with Gasteiger partial charge in [-0.3, -0.25) is 4.79 Å². The van der Waals surface area contributed by atoms with E-state index in [1.165, 1.54) is 0 Å². The van der Waals surface area contributed by atoms with Crippen LogP contribution in [0, 0.1) is 5.92 Å². The Morgan fingerprint density at radius 1 is 1.33 bits per heavy atom. The number of aliphatic carboxylic acids is 1. The maximum absolute atomic E-state index is 12.1. The van der Waals surface area contributed by atoms with E-state index in [-0.39, 0.29) is 30.5 Å². The summed E-state index contributed by atoms with van der Waals surface area (Å²) in [7, 11) is 0. The third-order valence-electron chi connectivity index (χ3n) is 3.20. The van der Waals surface area contributed by atoms with Gasteiger partial charge in [0.1, 0.15) is 0 Å². The van der Waals surface area contributed by atoms with Crippen LogP contribution in [-0.2, 0) is 4.79 Å². The lowest BCUT2D eigenvalue weighted by Gasteiger charge is -2.23. The predicted molar refractivity (Wildman–Crippen MR) is 84.5 cm³/mol. The van der Waals surface area contributed by atoms with E-state index in [0.29, 0.717) is 6.42 Å². The predicted octanol–water partition coefficient (Wildman–Crippen LogP) is 3.39. The van der Waals surface area contributed by atoms with Crippen molar-refractivity contribution in [3.05, 3.63) is 22.4 Å². The van der Waals surface area contributed by atoms with Gasteiger partial charge in [-0.25, -0.2) is 4.79 Å². The van der Waals surface area contributed by atoms with Crippen molar-refractivity contribution in [2.45, 2.75) is 52.1 Å². The van der Waals surface area contributed by atoms with Crippen LogP contribution in [0.2, 0.25) is 0 Å². The molecule has 3 N–H and O–H groups in total. The summed E-state index contributed by atoms with van der Waals surface area (Å²) in [5.41, 5.74) is 0. The van der Waals surface area contributed by atoms with Crippen molar-refractivity contribution in [3.63, 3.8) is 0 Å². The molecule has 0 aliphatic heterocycles. The molecule has 1 aromatic rings. The van der Waals surface area contributed by atoms with E-state index in [9.17, 15) is 9.59 Å². The fourth-order valence-electron chi connectivity index (χ4n) is 2.19. The highest BCUT2D eigenvalue weighted by Crippen LogP contribution is 2.25. The molecule has 0 radical (unpaired) electrons. The van der Waals surface area contributed by atoms with Crippen LogP contribution >= 0.6 is 11.3 Å². The highest BCUT2D eigenvalue weighted by atomic mass is 32.1. The number of carbonyl (C=O) groups excluding carboxylic acids is 1. The van der Waals surface area contributed by atoms with Crippen LogP contribution in [0.25, 0.3) is 0 Å². The zero-order valence-electron chi connectivity index (χ0n) is 12.8. The van der Waals surface area contributed by atoms with Crippen molar-refractivity contribution in [3.8, 4) is 0 Å². The van der Waals surface area contributed by atoms with Gasteiger partial charge in [0.15, 0.2) is 0 Å². The smallest absolute Gasteiger partial charge is 0.315 e. The molecule has 1 aromatic heterocycles. The Morgan fingerprint density at radius 2 is 2.05 bits per heavy atom. The SMILES string of the molecule is CCCC(CC(=O)O)NC(=O)NC(c1cccs1)C(C)C. The molecule has 2 unspecified atom stereocenters. The second-order valence-electron chi connectivity index (χ2n) is 5.44. The third kappa shape index (κ3) is 6.16. The van der Waals surface area contributed by atoms with Gasteiger partial charge in [-0.2, -0.15) is 0 Å². The van der Waals surface area contributed by atoms with Gasteiger partial charge in [-0.05, 0) is 23.8 Å². The van der Waals surface area contributed by atoms with E-state index in [0.717, 1.165) is 11.3 Å². The maximum Gasteiger partial charge on any atom is 0.315 e. The molecule has 2 amide bonds. The average molecular weight is 312 g/mol. The molecule has 6 heteroatoms. The van der Waals surface area contributed by atoms with Crippen LogP contribution in [0.4, 0.5) is 4.79 Å². The molecule has 0 saturated carbocycles. The number of thiophene rings is 1. The van der Waals surface area contributed by atoms with E-state index < -0.39 is 5.97 Å². The van der Waals surface area contributed by atoms with Crippen molar-refractivity contribution < 1.29 is 14.7 Å². The fourth-order valence-corrected chi connectivity index (χ4v) is 3.14. The number of amides is 2. The summed E-state index contributed by atoms with van der Waals surface area (Å²) >= 11 is 1.60. The number of hydrogen-bond donors (Lipinski definition) is 3. The first kappa shape index (κ1) is 17.5. The van der Waals surface area contributed by atoms with Gasteiger partial charge in [-0.15, -0.1) is 11.3 Å². The second kappa shape index (κ2) is 8.67. The normalized spacial score (nSPS) is 13.7. The minimum atomic E-state index is -0.896. The highest BCUT2D eigenvalue weighted by molar-refractivity contribution is 7.10. The molecule has 0 fully saturated rings. The van der Waals surface area contributed by atoms with Gasteiger partial charge in [0.2, 0.25) is 0 Å². The molecular weight excluding hydrogens is 288 g/mol. The summed E-state index contributed by atoms with van der Waals surface area (Å²) in [5.74, 6) is -0.633. The molecule has 0 spiro atoms. The van der Waals surface area contributed by atoms with Crippen molar-refractivity contribution in [1.82, 2.24) is 10.6 Å². The Morgan fingerprint density at radius 3 is 2.52 bits per heavy atom. The van der Waals surface area contributed by atoms with Crippen molar-refractivity contribution >= 4 is 23.3 Å². The van der Waals surface area contributed by atoms with Gasteiger partial charge >= 0.3 is 12.0 Å². The molecule has 0 aliphatic rings. The lowest BCUT2D eigenvalue weighted by atomic mass is 10.0. The van der Waals surface area contributed by atoms with E-state index in [4.69, 9.17) is 5.11 Å². The monoisotopic (exact) mass is 312 g/mol. The van der Waals surface area contributed by atoms with Crippen molar-refractivity contribution in [2.24, 2.45) is 5.92 Å². The van der Waals surface area contributed by atoms with Gasteiger partial charge in [0, 0.05) is 10.9 Å². The van der Waals surface area contributed by atoms with Crippen LogP contribution in [0.5, 0.6) is 0 Å². The molecular formula is C15H24N2O3S. The van der Waals surface area contributed by atoms with Crippen LogP contribution in [0.15, 0.2) is 17.5 Å². The van der Waals surface area contributed by atoms with Gasteiger partial charge in [0.25, 0.3) is 0 Å². The zero-order chi connectivity index (χ0) is 15.8. The maximum atomic E-state index is 12.1. The molecule has 0 aromatic carbocycles. The molecule has 1 heterocycles. The first-order valence-electron chi connectivity index (χ1n) is 7.26. The molecule has 1 rings (SSSR count). The summed E-state index contributed by atoms with van der Waals surface area (Å²) < 4.78 is 0. The third-order valence-corrected chi connectivity index (χ3v) is 4.15. The highest BCUT2D eigenvalue weighted by Gasteiger charge is 2.21. The summed E-state index contributed by atoms with van der Waals surface area (Å²) in [4.78, 5) is 24.0. The minimum Gasteiger partial charge on any atom is -0.481 e. The second-order valence-corrected chi connectivity index (χ2v) is 6.42. The van der Waals surface area contributed by atoms with Crippen LogP contribution in [-0.4, -0.2) is 23.1 Å². The van der Waals surface area contributed by atoms with Crippen LogP contribution in [0.1, 0.15) is 51.0 Å². The number of hydrogen-bond acceptors (Lipinski definition) is 3. The first-order valence-corrected chi connectivity index (χ1v) is 8.14. The molecule has 0 bridgehead atoms. The minimum absolute atomic E-state index is 0.0490. The largest absolute Gasteiger partial charge is 0.481 e. The lowest BCUT2D eigenvalue weighted by Crippen LogP contribution is -2.45. The van der Waals surface area contributed by atoms with E-state index in [1.54, 1.807) is 11.3 Å². The van der Waals surface area contributed by atoms with E-state index in [1.807, 2.05) is 38.3 Å². The molecule has 21 heavy (non-hydrogen) atoms. The molecule has 0 aliphatic carbocycles. The quantitative estimate of drug-likeness (QED) is 0.688. The number of carboxylic acids is 1. The fraction of sp³-hybridized carbons (Fsp3) is 0.600. The number of rotatable bonds is 8. The van der Waals surface area contributed by atoms with Crippen molar-refractivity contribution in [2.75, 3.05) is 0 Å². The van der Waals surface area contributed by atoms with Crippen LogP contribution in [0.3, 0.4) is 0 Å². The Hall–Kier alpha value is -1.56. The Kier molecular flexibility index (Phi) is 7.22. The summed E-state index contributed by atoms with van der Waals surface area (Å²) in [6.45, 7) is 6.06. The summed E-state index contributed by atoms with van der Waals surface area (Å²) in [6.07, 6.45) is 1.44. The Balaban J connectivity index is 2.62. The van der Waals surface area contributed by atoms with Crippen molar-refractivity contribution in [1.29, 1.82) is 0 Å². The zero-order valence-corrected chi connectivity index (χ0v) is 13.6. The molecule has 0 saturated heterocycles. The summed E-state index contributed by atoms with van der Waals surface area (Å²) in [5, 5.41) is 16.6. The molecule has 2 atom stereocenters. The average Bonchev–Trinajstić information content (AvgIpc) is 2.88. The topological polar surface area (TPSA) is 78.4 Å². The molecule has 118 valence electrons. The first-order chi connectivity index (χ1) is 9.93. The molecule has 5 nitrogen and oxygen atoms in total. The van der Waals surface area contributed by atoms with Gasteiger partial charge in [-0.1, -0.05) is 33.3 Å². The standard InChI is InChI=1S/C15H24N2O3S/c1-4-6-11(9-13(18)19)16-15(20)17-14(10(2)3)12-7-5-8-21-12/h5,7-8,10-11,14H,4,6,9H2,1-3H3,(H,18,19)(H2,16,17,20). The lowest BCUT2D eigenvalue weighted by molar-refractivity contribution is -0.137. The number of nitrogens with one attached hydrogen (secondary N) is 2. The van der Waals surface area contributed by atoms with E-state index >= 15 is 0 Å². The summed E-state index contributed by atoms with van der Waals surface area (Å²) in [6, 6.07) is 3.26. The Bertz CT molecular complexity index is 446.